The van der Waals surface area contributed by atoms with Gasteiger partial charge in [0.25, 0.3) is 0 Å². The first-order valence-corrected chi connectivity index (χ1v) is 13.5. The SMILES string of the molecule is CC(C)(C)OC(=O)N1CCC2CN(c3nn(PI)c4cc(Cl)ccc34)CC21. The zero-order valence-electron chi connectivity index (χ0n) is 15.6. The molecule has 0 aliphatic carbocycles. The van der Waals surface area contributed by atoms with Gasteiger partial charge in [-0.3, -0.25) is 0 Å². The van der Waals surface area contributed by atoms with Crippen LogP contribution in [0.3, 0.4) is 0 Å². The Labute approximate surface area is 178 Å². The van der Waals surface area contributed by atoms with Crippen molar-refractivity contribution >= 4 is 62.8 Å². The highest BCUT2D eigenvalue weighted by atomic mass is 127. The molecule has 0 spiro atoms. The summed E-state index contributed by atoms with van der Waals surface area (Å²) in [6, 6.07) is 6.13. The highest BCUT2D eigenvalue weighted by molar-refractivity contribution is 14.2. The van der Waals surface area contributed by atoms with Gasteiger partial charge in [0, 0.05) is 36.0 Å². The molecule has 2 aliphatic heterocycles. The van der Waals surface area contributed by atoms with E-state index in [0.717, 1.165) is 47.8 Å². The lowest BCUT2D eigenvalue weighted by Gasteiger charge is -2.28. The van der Waals surface area contributed by atoms with Crippen LogP contribution in [0.15, 0.2) is 18.2 Å². The van der Waals surface area contributed by atoms with Gasteiger partial charge in [-0.25, -0.2) is 9.25 Å². The summed E-state index contributed by atoms with van der Waals surface area (Å²) in [4.78, 5) is 16.8. The highest BCUT2D eigenvalue weighted by Gasteiger charge is 2.45. The summed E-state index contributed by atoms with van der Waals surface area (Å²) in [6.07, 6.45) is 1.32. The molecule has 2 saturated heterocycles. The van der Waals surface area contributed by atoms with Gasteiger partial charge in [0.2, 0.25) is 0 Å². The number of fused-ring (bicyclic) bond motifs is 2. The number of hydrogen-bond donors (Lipinski definition) is 0. The number of aromatic nitrogens is 2. The van der Waals surface area contributed by atoms with Crippen LogP contribution in [0.25, 0.3) is 10.9 Å². The van der Waals surface area contributed by atoms with Gasteiger partial charge < -0.3 is 14.5 Å². The van der Waals surface area contributed by atoms with Gasteiger partial charge >= 0.3 is 6.09 Å². The molecule has 27 heavy (non-hydrogen) atoms. The third-order valence-corrected chi connectivity index (χ3v) is 7.29. The first-order chi connectivity index (χ1) is 12.8. The van der Waals surface area contributed by atoms with Gasteiger partial charge in [0.1, 0.15) is 5.60 Å². The van der Waals surface area contributed by atoms with E-state index < -0.39 is 5.60 Å². The number of carbonyl (C=O) groups excluding carboxylic acids is 1. The number of anilines is 1. The van der Waals surface area contributed by atoms with E-state index in [1.165, 1.54) is 0 Å². The predicted molar refractivity (Wildman–Crippen MR) is 120 cm³/mol. The summed E-state index contributed by atoms with van der Waals surface area (Å²) < 4.78 is 7.62. The van der Waals surface area contributed by atoms with Crippen LogP contribution in [-0.4, -0.2) is 51.8 Å². The Kier molecular flexibility index (Phi) is 5.23. The largest absolute Gasteiger partial charge is 0.444 e. The van der Waals surface area contributed by atoms with Gasteiger partial charge in [-0.2, -0.15) is 0 Å². The van der Waals surface area contributed by atoms with Crippen molar-refractivity contribution in [3.63, 3.8) is 0 Å². The number of rotatable bonds is 2. The van der Waals surface area contributed by atoms with E-state index in [4.69, 9.17) is 21.4 Å². The highest BCUT2D eigenvalue weighted by Crippen LogP contribution is 2.40. The van der Waals surface area contributed by atoms with Crippen LogP contribution < -0.4 is 4.90 Å². The Balaban J connectivity index is 1.58. The van der Waals surface area contributed by atoms with Gasteiger partial charge in [0.05, 0.1) is 17.9 Å². The lowest BCUT2D eigenvalue weighted by Crippen LogP contribution is -2.42. The minimum atomic E-state index is -0.469. The minimum absolute atomic E-state index is 0.189. The average molecular weight is 521 g/mol. The third kappa shape index (κ3) is 3.75. The van der Waals surface area contributed by atoms with Crippen molar-refractivity contribution in [2.75, 3.05) is 24.5 Å². The molecule has 9 heteroatoms. The maximum atomic E-state index is 12.6. The number of carbonyl (C=O) groups is 1. The summed E-state index contributed by atoms with van der Waals surface area (Å²) in [7, 11) is 0. The van der Waals surface area contributed by atoms with E-state index in [0.29, 0.717) is 12.3 Å². The van der Waals surface area contributed by atoms with Crippen molar-refractivity contribution < 1.29 is 9.53 Å². The van der Waals surface area contributed by atoms with Crippen molar-refractivity contribution in [3.05, 3.63) is 23.2 Å². The van der Waals surface area contributed by atoms with Crippen molar-refractivity contribution in [1.82, 2.24) is 14.5 Å². The molecule has 1 aromatic carbocycles. The molecular weight excluding hydrogens is 498 g/mol. The maximum Gasteiger partial charge on any atom is 0.410 e. The summed E-state index contributed by atoms with van der Waals surface area (Å²) in [6.45, 7) is 8.22. The number of likely N-dealkylation sites (tertiary alicyclic amines) is 1. The van der Waals surface area contributed by atoms with Crippen molar-refractivity contribution in [3.8, 4) is 0 Å². The second-order valence-corrected chi connectivity index (χ2v) is 10.7. The number of nitrogens with zero attached hydrogens (tertiary/aromatic N) is 4. The molecule has 146 valence electrons. The molecule has 1 aromatic heterocycles. The van der Waals surface area contributed by atoms with E-state index in [9.17, 15) is 4.79 Å². The van der Waals surface area contributed by atoms with Gasteiger partial charge in [0.15, 0.2) is 5.82 Å². The third-order valence-electron chi connectivity index (χ3n) is 5.18. The Morgan fingerprint density at radius 2 is 2.15 bits per heavy atom. The Hall–Kier alpha value is -0.790. The quantitative estimate of drug-likeness (QED) is 0.416. The maximum absolute atomic E-state index is 12.6. The molecule has 0 saturated carbocycles. The number of halogens is 2. The number of ether oxygens (including phenoxy) is 1. The van der Waals surface area contributed by atoms with Crippen LogP contribution in [0.4, 0.5) is 10.6 Å². The van der Waals surface area contributed by atoms with Gasteiger partial charge in [-0.1, -0.05) is 11.6 Å². The fourth-order valence-corrected chi connectivity index (χ4v) is 5.73. The first-order valence-electron chi connectivity index (χ1n) is 9.06. The second kappa shape index (κ2) is 7.23. The topological polar surface area (TPSA) is 50.6 Å². The monoisotopic (exact) mass is 520 g/mol. The predicted octanol–water partition coefficient (Wildman–Crippen LogP) is 4.93. The summed E-state index contributed by atoms with van der Waals surface area (Å²) in [5, 5.41) is 6.68. The molecule has 2 fully saturated rings. The van der Waals surface area contributed by atoms with Gasteiger partial charge in [-0.05, 0) is 67.4 Å². The molecule has 0 radical (unpaired) electrons. The van der Waals surface area contributed by atoms with E-state index in [2.05, 4.69) is 26.9 Å². The van der Waals surface area contributed by atoms with E-state index in [-0.39, 0.29) is 12.1 Å². The average Bonchev–Trinajstić information content (AvgIpc) is 3.23. The number of hydrogen-bond acceptors (Lipinski definition) is 4. The molecule has 3 unspecified atom stereocenters. The zero-order valence-corrected chi connectivity index (χ0v) is 19.5. The zero-order chi connectivity index (χ0) is 19.3. The Bertz CT molecular complexity index is 884. The Morgan fingerprint density at radius 3 is 2.85 bits per heavy atom. The molecule has 0 N–H and O–H groups in total. The van der Waals surface area contributed by atoms with Gasteiger partial charge in [-0.15, -0.1) is 5.10 Å². The molecule has 2 aromatic rings. The second-order valence-electron chi connectivity index (χ2n) is 8.18. The fraction of sp³-hybridized carbons (Fsp3) is 0.556. The lowest BCUT2D eigenvalue weighted by atomic mass is 10.1. The standard InChI is InChI=1S/C18H23ClIN4O2P/c1-18(2,3)26-17(25)23-7-6-11-9-22(10-15(11)23)16-13-5-4-12(19)8-14(13)24(21-16)27-20/h4-5,8,11,15,27H,6-7,9-10H2,1-3H3. The van der Waals surface area contributed by atoms with Crippen LogP contribution in [0.5, 0.6) is 0 Å². The summed E-state index contributed by atoms with van der Waals surface area (Å²) in [5.74, 6) is 1.46. The number of benzene rings is 1. The summed E-state index contributed by atoms with van der Waals surface area (Å²) in [5.41, 5.74) is 0.592. The molecule has 0 bridgehead atoms. The van der Waals surface area contributed by atoms with Crippen LogP contribution in [0.2, 0.25) is 5.02 Å². The Morgan fingerprint density at radius 1 is 1.37 bits per heavy atom. The molecule has 6 nitrogen and oxygen atoms in total. The van der Waals surface area contributed by atoms with Crippen molar-refractivity contribution in [1.29, 1.82) is 0 Å². The van der Waals surface area contributed by atoms with E-state index >= 15 is 0 Å². The summed E-state index contributed by atoms with van der Waals surface area (Å²) >= 11 is 8.53. The fourth-order valence-electron chi connectivity index (χ4n) is 4.05. The number of amides is 1. The molecule has 3 atom stereocenters. The van der Waals surface area contributed by atoms with E-state index in [1.54, 1.807) is 0 Å². The normalized spacial score (nSPS) is 23.0. The van der Waals surface area contributed by atoms with Crippen LogP contribution in [0, 0.1) is 5.92 Å². The van der Waals surface area contributed by atoms with Crippen LogP contribution >= 0.6 is 40.0 Å². The molecule has 1 amide bonds. The van der Waals surface area contributed by atoms with Crippen molar-refractivity contribution in [2.24, 2.45) is 5.92 Å². The van der Waals surface area contributed by atoms with E-state index in [1.807, 2.05) is 48.3 Å². The molecule has 4 rings (SSSR count). The van der Waals surface area contributed by atoms with Crippen molar-refractivity contribution in [2.45, 2.75) is 38.8 Å². The molecule has 3 heterocycles. The molecular formula is C18H23ClIN4O2P. The minimum Gasteiger partial charge on any atom is -0.444 e. The molecule has 2 aliphatic rings. The van der Waals surface area contributed by atoms with Crippen LogP contribution in [-0.2, 0) is 4.74 Å². The first kappa shape index (κ1) is 19.5. The smallest absolute Gasteiger partial charge is 0.410 e. The van der Waals surface area contributed by atoms with Crippen LogP contribution in [0.1, 0.15) is 27.2 Å². The lowest BCUT2D eigenvalue weighted by molar-refractivity contribution is 0.0229.